The molecule has 5 aromatic rings. The van der Waals surface area contributed by atoms with Crippen molar-refractivity contribution >= 4 is 16.3 Å². The van der Waals surface area contributed by atoms with Gasteiger partial charge in [0.25, 0.3) is 0 Å². The predicted octanol–water partition coefficient (Wildman–Crippen LogP) is 5.82. The Kier molecular flexibility index (Phi) is 3.14. The van der Waals surface area contributed by atoms with Crippen LogP contribution in [0.5, 0.6) is 0 Å². The lowest BCUT2D eigenvalue weighted by molar-refractivity contribution is 0.979. The van der Waals surface area contributed by atoms with Gasteiger partial charge in [0.15, 0.2) is 0 Å². The lowest BCUT2D eigenvalue weighted by Gasteiger charge is -2.08. The summed E-state index contributed by atoms with van der Waals surface area (Å²) in [7, 11) is 0. The van der Waals surface area contributed by atoms with Crippen LogP contribution < -0.4 is 0 Å². The number of hydrogen-bond acceptors (Lipinski definition) is 1. The minimum atomic E-state index is 0.995. The summed E-state index contributed by atoms with van der Waals surface area (Å²) in [5.74, 6) is 0. The molecule has 0 bridgehead atoms. The Bertz CT molecular complexity index is 1170. The summed E-state index contributed by atoms with van der Waals surface area (Å²) in [6, 6.07) is 33.7. The van der Waals surface area contributed by atoms with E-state index in [1.165, 1.54) is 16.3 Å². The highest BCUT2D eigenvalue weighted by Gasteiger charge is 2.12. The van der Waals surface area contributed by atoms with Crippen molar-refractivity contribution in [2.24, 2.45) is 0 Å². The Morgan fingerprint density at radius 1 is 0.600 bits per heavy atom. The van der Waals surface area contributed by atoms with Gasteiger partial charge < -0.3 is 0 Å². The SMILES string of the molecule is c1ccc(-c2cc3c4ccccc4cc(-c4ccccc4)n3n2)cc1. The smallest absolute Gasteiger partial charge is 0.0934 e. The van der Waals surface area contributed by atoms with Crippen LogP contribution in [-0.4, -0.2) is 9.61 Å². The van der Waals surface area contributed by atoms with Crippen molar-refractivity contribution in [2.75, 3.05) is 0 Å². The van der Waals surface area contributed by atoms with E-state index in [4.69, 9.17) is 5.10 Å². The molecular formula is C23H16N2. The van der Waals surface area contributed by atoms with Crippen molar-refractivity contribution in [2.45, 2.75) is 0 Å². The fourth-order valence-electron chi connectivity index (χ4n) is 3.39. The van der Waals surface area contributed by atoms with Crippen molar-refractivity contribution in [3.05, 3.63) is 97.1 Å². The van der Waals surface area contributed by atoms with Gasteiger partial charge >= 0.3 is 0 Å². The maximum atomic E-state index is 4.93. The number of nitrogens with zero attached hydrogens (tertiary/aromatic N) is 2. The Labute approximate surface area is 146 Å². The van der Waals surface area contributed by atoms with Crippen LogP contribution >= 0.6 is 0 Å². The first-order chi connectivity index (χ1) is 12.4. The quantitative estimate of drug-likeness (QED) is 0.400. The van der Waals surface area contributed by atoms with Gasteiger partial charge in [0.05, 0.1) is 16.9 Å². The van der Waals surface area contributed by atoms with E-state index >= 15 is 0 Å². The summed E-state index contributed by atoms with van der Waals surface area (Å²) in [5.41, 5.74) is 5.54. The van der Waals surface area contributed by atoms with E-state index in [0.717, 1.165) is 22.5 Å². The molecular weight excluding hydrogens is 304 g/mol. The third-order valence-electron chi connectivity index (χ3n) is 4.61. The molecule has 0 amide bonds. The highest BCUT2D eigenvalue weighted by molar-refractivity contribution is 5.99. The lowest BCUT2D eigenvalue weighted by atomic mass is 10.1. The van der Waals surface area contributed by atoms with Crippen molar-refractivity contribution in [1.82, 2.24) is 9.61 Å². The molecule has 2 heteroatoms. The van der Waals surface area contributed by atoms with E-state index in [1.807, 2.05) is 12.1 Å². The molecule has 3 aromatic carbocycles. The minimum absolute atomic E-state index is 0.995. The van der Waals surface area contributed by atoms with Gasteiger partial charge in [0.2, 0.25) is 0 Å². The molecule has 2 heterocycles. The lowest BCUT2D eigenvalue weighted by Crippen LogP contribution is -1.95. The molecule has 0 N–H and O–H groups in total. The molecule has 2 aromatic heterocycles. The van der Waals surface area contributed by atoms with Gasteiger partial charge in [-0.1, -0.05) is 84.9 Å². The summed E-state index contributed by atoms with van der Waals surface area (Å²) in [6.07, 6.45) is 0. The first kappa shape index (κ1) is 14.0. The fourth-order valence-corrected chi connectivity index (χ4v) is 3.39. The molecule has 0 atom stereocenters. The number of rotatable bonds is 2. The zero-order valence-corrected chi connectivity index (χ0v) is 13.6. The van der Waals surface area contributed by atoms with Crippen LogP contribution in [0.2, 0.25) is 0 Å². The number of benzene rings is 3. The fraction of sp³-hybridized carbons (Fsp3) is 0. The maximum Gasteiger partial charge on any atom is 0.0934 e. The molecule has 0 unspecified atom stereocenters. The summed E-state index contributed by atoms with van der Waals surface area (Å²) in [6.45, 7) is 0. The monoisotopic (exact) mass is 320 g/mol. The van der Waals surface area contributed by atoms with E-state index in [2.05, 4.69) is 89.4 Å². The van der Waals surface area contributed by atoms with Crippen molar-refractivity contribution < 1.29 is 0 Å². The molecule has 0 saturated heterocycles. The van der Waals surface area contributed by atoms with Gasteiger partial charge in [0, 0.05) is 16.5 Å². The van der Waals surface area contributed by atoms with Gasteiger partial charge in [-0.15, -0.1) is 0 Å². The van der Waals surface area contributed by atoms with E-state index < -0.39 is 0 Å². The van der Waals surface area contributed by atoms with Crippen LogP contribution in [0.3, 0.4) is 0 Å². The predicted molar refractivity (Wildman–Crippen MR) is 104 cm³/mol. The first-order valence-electron chi connectivity index (χ1n) is 8.42. The van der Waals surface area contributed by atoms with Crippen molar-refractivity contribution in [3.8, 4) is 22.5 Å². The normalized spacial score (nSPS) is 11.2. The topological polar surface area (TPSA) is 17.3 Å². The van der Waals surface area contributed by atoms with Gasteiger partial charge in [-0.05, 0) is 17.5 Å². The number of fused-ring (bicyclic) bond motifs is 3. The second kappa shape index (κ2) is 5.60. The number of hydrogen-bond donors (Lipinski definition) is 0. The zero-order chi connectivity index (χ0) is 16.6. The van der Waals surface area contributed by atoms with Crippen LogP contribution in [0.1, 0.15) is 0 Å². The molecule has 2 nitrogen and oxygen atoms in total. The zero-order valence-electron chi connectivity index (χ0n) is 13.6. The van der Waals surface area contributed by atoms with Crippen LogP contribution in [-0.2, 0) is 0 Å². The largest absolute Gasteiger partial charge is 0.232 e. The van der Waals surface area contributed by atoms with Gasteiger partial charge in [-0.3, -0.25) is 0 Å². The number of aromatic nitrogens is 2. The minimum Gasteiger partial charge on any atom is -0.232 e. The van der Waals surface area contributed by atoms with Crippen LogP contribution in [0.25, 0.3) is 38.8 Å². The summed E-state index contributed by atoms with van der Waals surface area (Å²) < 4.78 is 2.07. The molecule has 0 saturated carbocycles. The Morgan fingerprint density at radius 2 is 1.24 bits per heavy atom. The third kappa shape index (κ3) is 2.31. The molecule has 25 heavy (non-hydrogen) atoms. The average molecular weight is 320 g/mol. The number of pyridine rings is 1. The molecule has 0 fully saturated rings. The first-order valence-corrected chi connectivity index (χ1v) is 8.42. The van der Waals surface area contributed by atoms with Crippen LogP contribution in [0.4, 0.5) is 0 Å². The molecule has 118 valence electrons. The van der Waals surface area contributed by atoms with E-state index in [0.29, 0.717) is 0 Å². The summed E-state index contributed by atoms with van der Waals surface area (Å²) in [4.78, 5) is 0. The van der Waals surface area contributed by atoms with E-state index in [9.17, 15) is 0 Å². The maximum absolute atomic E-state index is 4.93. The average Bonchev–Trinajstić information content (AvgIpc) is 3.14. The second-order valence-corrected chi connectivity index (χ2v) is 6.18. The summed E-state index contributed by atoms with van der Waals surface area (Å²) >= 11 is 0. The van der Waals surface area contributed by atoms with E-state index in [-0.39, 0.29) is 0 Å². The van der Waals surface area contributed by atoms with Gasteiger partial charge in [-0.25, -0.2) is 4.52 Å². The van der Waals surface area contributed by atoms with Crippen molar-refractivity contribution in [1.29, 1.82) is 0 Å². The van der Waals surface area contributed by atoms with Gasteiger partial charge in [0.1, 0.15) is 0 Å². The third-order valence-corrected chi connectivity index (χ3v) is 4.61. The molecule has 0 spiro atoms. The van der Waals surface area contributed by atoms with Crippen molar-refractivity contribution in [3.63, 3.8) is 0 Å². The highest BCUT2D eigenvalue weighted by atomic mass is 15.2. The van der Waals surface area contributed by atoms with Crippen LogP contribution in [0, 0.1) is 0 Å². The Hall–Kier alpha value is -3.39. The molecule has 0 aliphatic rings. The van der Waals surface area contributed by atoms with E-state index in [1.54, 1.807) is 0 Å². The summed E-state index contributed by atoms with van der Waals surface area (Å²) in [5, 5.41) is 7.38. The molecule has 0 aliphatic carbocycles. The standard InChI is InChI=1S/C23H16N2/c1-3-9-17(10-4-1)21-16-23-20-14-8-7-13-19(20)15-22(25(23)24-21)18-11-5-2-6-12-18/h1-16H. The second-order valence-electron chi connectivity index (χ2n) is 6.18. The Balaban J connectivity index is 1.88. The highest BCUT2D eigenvalue weighted by Crippen LogP contribution is 2.31. The Morgan fingerprint density at radius 3 is 2.00 bits per heavy atom. The van der Waals surface area contributed by atoms with Gasteiger partial charge in [-0.2, -0.15) is 5.10 Å². The molecule has 0 aliphatic heterocycles. The molecule has 5 rings (SSSR count). The molecule has 0 radical (unpaired) electrons. The van der Waals surface area contributed by atoms with Crippen LogP contribution in [0.15, 0.2) is 97.1 Å².